The van der Waals surface area contributed by atoms with Crippen LogP contribution in [0.15, 0.2) is 18.2 Å². The van der Waals surface area contributed by atoms with E-state index in [0.29, 0.717) is 12.1 Å². The van der Waals surface area contributed by atoms with Crippen molar-refractivity contribution in [1.29, 1.82) is 0 Å². The molecule has 0 fully saturated rings. The zero-order valence-electron chi connectivity index (χ0n) is 15.8. The Morgan fingerprint density at radius 2 is 1.89 bits per heavy atom. The van der Waals surface area contributed by atoms with Gasteiger partial charge in [0.15, 0.2) is 11.0 Å². The van der Waals surface area contributed by atoms with E-state index in [1.807, 2.05) is 16.1 Å². The molecule has 0 aliphatic rings. The molecule has 1 aromatic carbocycles. The highest BCUT2D eigenvalue weighted by Gasteiger charge is 2.32. The number of alkyl halides is 3. The molecule has 0 unspecified atom stereocenters. The Labute approximate surface area is 172 Å². The van der Waals surface area contributed by atoms with Gasteiger partial charge in [-0.25, -0.2) is 13.9 Å². The van der Waals surface area contributed by atoms with E-state index in [4.69, 9.17) is 4.74 Å². The Bertz CT molecular complexity index is 814. The number of aryl methyl sites for hydroxylation is 2. The fourth-order valence-corrected chi connectivity index (χ4v) is 2.69. The van der Waals surface area contributed by atoms with Crippen LogP contribution in [0.5, 0.6) is 5.75 Å². The van der Waals surface area contributed by atoms with Crippen LogP contribution in [0.25, 0.3) is 11.0 Å². The number of nitrogens with zero attached hydrogens (tertiary/aromatic N) is 2. The smallest absolute Gasteiger partial charge is 0.573 e. The van der Waals surface area contributed by atoms with Gasteiger partial charge in [-0.3, -0.25) is 0 Å². The number of halogens is 4. The Kier molecular flexibility index (Phi) is 7.37. The number of hydrogen-bond donors (Lipinski definition) is 1. The van der Waals surface area contributed by atoms with Crippen LogP contribution < -0.4 is 38.6 Å². The number of ether oxygens (including phenoxy) is 2. The predicted molar refractivity (Wildman–Crippen MR) is 88.5 cm³/mol. The van der Waals surface area contributed by atoms with E-state index in [-0.39, 0.29) is 36.3 Å². The van der Waals surface area contributed by atoms with E-state index in [9.17, 15) is 18.0 Å². The van der Waals surface area contributed by atoms with Crippen LogP contribution >= 0.6 is 0 Å². The van der Waals surface area contributed by atoms with Crippen molar-refractivity contribution in [3.63, 3.8) is 0 Å². The zero-order valence-corrected chi connectivity index (χ0v) is 17.9. The van der Waals surface area contributed by atoms with E-state index in [0.717, 1.165) is 11.3 Å². The van der Waals surface area contributed by atoms with Crippen LogP contribution in [0.3, 0.4) is 0 Å². The van der Waals surface area contributed by atoms with Crippen LogP contribution in [0.1, 0.15) is 33.5 Å². The van der Waals surface area contributed by atoms with E-state index in [1.165, 1.54) is 12.1 Å². The molecule has 0 bridgehead atoms. The van der Waals surface area contributed by atoms with E-state index in [2.05, 4.69) is 10.1 Å². The minimum absolute atomic E-state index is 0. The van der Waals surface area contributed by atoms with Crippen LogP contribution in [-0.2, 0) is 24.9 Å². The number of amides is 1. The molecule has 0 saturated heterocycles. The van der Waals surface area contributed by atoms with Crippen LogP contribution in [0, 0.1) is 0 Å². The Balaban J connectivity index is 0.00000364. The lowest BCUT2D eigenvalue weighted by atomic mass is 10.2. The normalized spacial score (nSPS) is 11.9. The van der Waals surface area contributed by atoms with Gasteiger partial charge in [0.25, 0.3) is 5.82 Å². The summed E-state index contributed by atoms with van der Waals surface area (Å²) in [4.78, 5) is 11.9. The molecule has 0 radical (unpaired) electrons. The Hall–Kier alpha value is -1.72. The number of nitrogens with one attached hydrogen (secondary N) is 1. The van der Waals surface area contributed by atoms with Gasteiger partial charge in [0, 0.05) is 6.07 Å². The minimum Gasteiger partial charge on any atom is -1.00 e. The molecule has 1 amide bonds. The number of imidazole rings is 1. The van der Waals surface area contributed by atoms with Gasteiger partial charge in [-0.1, -0.05) is 0 Å². The summed E-state index contributed by atoms with van der Waals surface area (Å²) in [5.74, 6) is 0.432. The second kappa shape index (κ2) is 8.53. The van der Waals surface area contributed by atoms with Gasteiger partial charge in [0.2, 0.25) is 0 Å². The lowest BCUT2D eigenvalue weighted by Gasteiger charge is -2.19. The van der Waals surface area contributed by atoms with Gasteiger partial charge in [0.1, 0.15) is 17.9 Å². The van der Waals surface area contributed by atoms with Crippen LogP contribution in [-0.4, -0.2) is 22.6 Å². The first kappa shape index (κ1) is 23.3. The van der Waals surface area contributed by atoms with Gasteiger partial charge in [-0.05, 0) is 39.8 Å². The number of alkyl carbamates (subject to hydrolysis) is 1. The van der Waals surface area contributed by atoms with E-state index in [1.54, 1.807) is 33.9 Å². The largest absolute Gasteiger partial charge is 1.00 e. The Morgan fingerprint density at radius 3 is 2.41 bits per heavy atom. The first-order valence-electron chi connectivity index (χ1n) is 8.15. The minimum atomic E-state index is -4.75. The fraction of sp³-hybridized carbons (Fsp3) is 0.529. The number of rotatable bonds is 4. The second-order valence-corrected chi connectivity index (χ2v) is 6.77. The lowest BCUT2D eigenvalue weighted by molar-refractivity contribution is -0.654. The maximum atomic E-state index is 12.5. The molecular weight excluding hydrogens is 478 g/mol. The molecule has 2 rings (SSSR count). The van der Waals surface area contributed by atoms with Gasteiger partial charge in [-0.2, -0.15) is 0 Å². The monoisotopic (exact) mass is 501 g/mol. The Morgan fingerprint density at radius 1 is 1.26 bits per heavy atom. The molecule has 0 aliphatic heterocycles. The first-order chi connectivity index (χ1) is 11.9. The van der Waals surface area contributed by atoms with E-state index < -0.39 is 18.1 Å². The number of fused-ring (bicyclic) bond motifs is 1. The van der Waals surface area contributed by atoms with Gasteiger partial charge >= 0.3 is 12.5 Å². The van der Waals surface area contributed by atoms with Crippen LogP contribution in [0.4, 0.5) is 18.0 Å². The number of carbonyl (C=O) groups excluding carboxylic acids is 1. The number of hydrogen-bond acceptors (Lipinski definition) is 3. The molecule has 2 aromatic rings. The zero-order chi connectivity index (χ0) is 19.7. The van der Waals surface area contributed by atoms with Crippen molar-refractivity contribution in [3.8, 4) is 5.75 Å². The summed E-state index contributed by atoms with van der Waals surface area (Å²) in [5.41, 5.74) is 0.688. The third kappa shape index (κ3) is 6.15. The average Bonchev–Trinajstić information content (AvgIpc) is 2.73. The van der Waals surface area contributed by atoms with Crippen molar-refractivity contribution < 1.29 is 56.0 Å². The predicted octanol–water partition coefficient (Wildman–Crippen LogP) is 0.413. The maximum Gasteiger partial charge on any atom is 0.573 e. The SMILES string of the molecule is CCn1c(CNC(=O)OC(C)(C)C)[n+](C)c2ccc(OC(F)(F)F)cc21.[I-]. The molecular formula is C17H23F3IN3O3. The highest BCUT2D eigenvalue weighted by molar-refractivity contribution is 5.74. The lowest BCUT2D eigenvalue weighted by Crippen LogP contribution is -3.00. The summed E-state index contributed by atoms with van der Waals surface area (Å²) < 4.78 is 50.2. The molecule has 0 saturated carbocycles. The van der Waals surface area contributed by atoms with Crippen LogP contribution in [0.2, 0.25) is 0 Å². The summed E-state index contributed by atoms with van der Waals surface area (Å²) >= 11 is 0. The molecule has 10 heteroatoms. The topological polar surface area (TPSA) is 56.4 Å². The third-order valence-corrected chi connectivity index (χ3v) is 3.64. The highest BCUT2D eigenvalue weighted by Crippen LogP contribution is 2.26. The quantitative estimate of drug-likeness (QED) is 0.488. The third-order valence-electron chi connectivity index (χ3n) is 3.64. The average molecular weight is 501 g/mol. The molecule has 0 spiro atoms. The number of carbonyl (C=O) groups is 1. The van der Waals surface area contributed by atoms with Crippen molar-refractivity contribution in [2.45, 2.75) is 52.7 Å². The maximum absolute atomic E-state index is 12.5. The van der Waals surface area contributed by atoms with Gasteiger partial charge in [-0.15, -0.1) is 13.2 Å². The summed E-state index contributed by atoms with van der Waals surface area (Å²) in [5, 5.41) is 2.67. The van der Waals surface area contributed by atoms with Crippen molar-refractivity contribution in [2.75, 3.05) is 0 Å². The summed E-state index contributed by atoms with van der Waals surface area (Å²) in [6, 6.07) is 4.16. The standard InChI is InChI=1S/C17H22F3N3O3.HI/c1-6-23-13-9-11(25-17(18,19)20)7-8-12(13)22(5)14(23)10-21-15(24)26-16(2,3)4;/h7-9H,6,10H2,1-5H3;1H. The molecule has 0 atom stereocenters. The summed E-state index contributed by atoms with van der Waals surface area (Å²) in [6.07, 6.45) is -5.31. The highest BCUT2D eigenvalue weighted by atomic mass is 127. The molecule has 1 N–H and O–H groups in total. The van der Waals surface area contributed by atoms with Gasteiger partial charge in [0.05, 0.1) is 13.6 Å². The van der Waals surface area contributed by atoms with Crippen molar-refractivity contribution >= 4 is 17.1 Å². The van der Waals surface area contributed by atoms with Crippen molar-refractivity contribution in [3.05, 3.63) is 24.0 Å². The molecule has 6 nitrogen and oxygen atoms in total. The number of benzene rings is 1. The first-order valence-corrected chi connectivity index (χ1v) is 8.15. The molecule has 0 aliphatic carbocycles. The summed E-state index contributed by atoms with van der Waals surface area (Å²) in [7, 11) is 1.78. The molecule has 27 heavy (non-hydrogen) atoms. The second-order valence-electron chi connectivity index (χ2n) is 6.77. The molecule has 1 heterocycles. The van der Waals surface area contributed by atoms with Crippen molar-refractivity contribution in [2.24, 2.45) is 7.05 Å². The van der Waals surface area contributed by atoms with E-state index >= 15 is 0 Å². The molecule has 152 valence electrons. The molecule has 1 aromatic heterocycles. The fourth-order valence-electron chi connectivity index (χ4n) is 2.69. The number of aromatic nitrogens is 2. The summed E-state index contributed by atoms with van der Waals surface area (Å²) in [6.45, 7) is 7.84. The van der Waals surface area contributed by atoms with Crippen molar-refractivity contribution in [1.82, 2.24) is 9.88 Å². The van der Waals surface area contributed by atoms with Gasteiger partial charge < -0.3 is 38.8 Å².